The lowest BCUT2D eigenvalue weighted by Crippen LogP contribution is -2.35. The summed E-state index contributed by atoms with van der Waals surface area (Å²) in [7, 11) is 1.93. The van der Waals surface area contributed by atoms with Gasteiger partial charge in [0, 0.05) is 4.47 Å². The Labute approximate surface area is 120 Å². The molecule has 2 rings (SSSR count). The van der Waals surface area contributed by atoms with Crippen molar-refractivity contribution >= 4 is 27.5 Å². The van der Waals surface area contributed by atoms with Crippen molar-refractivity contribution in [2.45, 2.75) is 19.4 Å². The standard InChI is InChI=1S/C13H15BrClN3/c1-13(2,16-3)12-7-17-8-18(12)11-5-4-9(14)6-10(11)15/h4-8,16H,1-3H3. The van der Waals surface area contributed by atoms with Gasteiger partial charge in [0.1, 0.15) is 0 Å². The zero-order chi connectivity index (χ0) is 13.3. The van der Waals surface area contributed by atoms with E-state index in [1.807, 2.05) is 36.0 Å². The summed E-state index contributed by atoms with van der Waals surface area (Å²) in [5.74, 6) is 0. The van der Waals surface area contributed by atoms with E-state index in [4.69, 9.17) is 11.6 Å². The number of nitrogens with one attached hydrogen (secondary N) is 1. The van der Waals surface area contributed by atoms with E-state index in [0.29, 0.717) is 5.02 Å². The van der Waals surface area contributed by atoms with Crippen LogP contribution in [-0.4, -0.2) is 16.6 Å². The molecule has 0 amide bonds. The van der Waals surface area contributed by atoms with Crippen LogP contribution in [0.5, 0.6) is 0 Å². The maximum absolute atomic E-state index is 6.29. The van der Waals surface area contributed by atoms with Gasteiger partial charge in [0.05, 0.1) is 34.5 Å². The van der Waals surface area contributed by atoms with E-state index in [0.717, 1.165) is 15.9 Å². The topological polar surface area (TPSA) is 29.9 Å². The van der Waals surface area contributed by atoms with E-state index in [1.165, 1.54) is 0 Å². The molecule has 1 heterocycles. The maximum Gasteiger partial charge on any atom is 0.0995 e. The van der Waals surface area contributed by atoms with Crippen LogP contribution in [0.15, 0.2) is 35.2 Å². The highest BCUT2D eigenvalue weighted by molar-refractivity contribution is 9.10. The smallest absolute Gasteiger partial charge is 0.0995 e. The minimum atomic E-state index is -0.174. The monoisotopic (exact) mass is 327 g/mol. The third-order valence-electron chi connectivity index (χ3n) is 3.07. The van der Waals surface area contributed by atoms with Gasteiger partial charge >= 0.3 is 0 Å². The Morgan fingerprint density at radius 1 is 1.39 bits per heavy atom. The number of nitrogens with zero attached hydrogens (tertiary/aromatic N) is 2. The zero-order valence-electron chi connectivity index (χ0n) is 10.5. The first kappa shape index (κ1) is 13.6. The SMILES string of the molecule is CNC(C)(C)c1cncn1-c1ccc(Br)cc1Cl. The average molecular weight is 329 g/mol. The minimum absolute atomic E-state index is 0.174. The van der Waals surface area contributed by atoms with Gasteiger partial charge in [0.2, 0.25) is 0 Å². The molecule has 0 spiro atoms. The predicted molar refractivity (Wildman–Crippen MR) is 78.4 cm³/mol. The van der Waals surface area contributed by atoms with Crippen LogP contribution in [0.2, 0.25) is 5.02 Å². The molecule has 0 fully saturated rings. The molecule has 1 aromatic heterocycles. The molecule has 0 unspecified atom stereocenters. The second kappa shape index (κ2) is 5.03. The molecule has 1 N–H and O–H groups in total. The third kappa shape index (κ3) is 2.46. The van der Waals surface area contributed by atoms with Crippen LogP contribution in [-0.2, 0) is 5.54 Å². The number of hydrogen-bond donors (Lipinski definition) is 1. The Hall–Kier alpha value is -0.840. The summed E-state index contributed by atoms with van der Waals surface area (Å²) >= 11 is 9.70. The average Bonchev–Trinajstić information content (AvgIpc) is 2.78. The molecule has 0 saturated heterocycles. The van der Waals surface area contributed by atoms with Gasteiger partial charge < -0.3 is 5.32 Å². The molecule has 3 nitrogen and oxygen atoms in total. The molecule has 0 radical (unpaired) electrons. The quantitative estimate of drug-likeness (QED) is 0.930. The highest BCUT2D eigenvalue weighted by Gasteiger charge is 2.23. The predicted octanol–water partition coefficient (Wildman–Crippen LogP) is 3.74. The van der Waals surface area contributed by atoms with Gasteiger partial charge in [-0.3, -0.25) is 4.57 Å². The summed E-state index contributed by atoms with van der Waals surface area (Å²) in [6.07, 6.45) is 3.64. The van der Waals surface area contributed by atoms with Gasteiger partial charge in [-0.1, -0.05) is 27.5 Å². The normalized spacial score (nSPS) is 11.8. The van der Waals surface area contributed by atoms with Crippen molar-refractivity contribution in [2.75, 3.05) is 7.05 Å². The molecule has 0 aliphatic heterocycles. The summed E-state index contributed by atoms with van der Waals surface area (Å²) < 4.78 is 2.97. The van der Waals surface area contributed by atoms with E-state index >= 15 is 0 Å². The van der Waals surface area contributed by atoms with Gasteiger partial charge in [-0.05, 0) is 39.1 Å². The second-order valence-electron chi connectivity index (χ2n) is 4.62. The number of imidazole rings is 1. The Kier molecular flexibility index (Phi) is 3.80. The molecule has 5 heteroatoms. The van der Waals surface area contributed by atoms with Gasteiger partial charge in [-0.25, -0.2) is 4.98 Å². The van der Waals surface area contributed by atoms with Gasteiger partial charge in [-0.2, -0.15) is 0 Å². The van der Waals surface area contributed by atoms with E-state index in [2.05, 4.69) is 40.1 Å². The fourth-order valence-corrected chi connectivity index (χ4v) is 2.52. The van der Waals surface area contributed by atoms with Crippen molar-refractivity contribution in [1.29, 1.82) is 0 Å². The fourth-order valence-electron chi connectivity index (χ4n) is 1.75. The Balaban J connectivity index is 2.56. The van der Waals surface area contributed by atoms with E-state index in [-0.39, 0.29) is 5.54 Å². The number of aromatic nitrogens is 2. The molecule has 96 valence electrons. The van der Waals surface area contributed by atoms with Crippen molar-refractivity contribution in [1.82, 2.24) is 14.9 Å². The third-order valence-corrected chi connectivity index (χ3v) is 3.87. The van der Waals surface area contributed by atoms with Crippen molar-refractivity contribution < 1.29 is 0 Å². The van der Waals surface area contributed by atoms with Crippen LogP contribution in [0.3, 0.4) is 0 Å². The minimum Gasteiger partial charge on any atom is -0.310 e. The molecule has 0 atom stereocenters. The molecular weight excluding hydrogens is 314 g/mol. The Bertz CT molecular complexity index is 563. The van der Waals surface area contributed by atoms with E-state index in [1.54, 1.807) is 6.33 Å². The number of rotatable bonds is 3. The first-order valence-corrected chi connectivity index (χ1v) is 6.80. The lowest BCUT2D eigenvalue weighted by molar-refractivity contribution is 0.425. The summed E-state index contributed by atoms with van der Waals surface area (Å²) in [4.78, 5) is 4.23. The van der Waals surface area contributed by atoms with Crippen LogP contribution in [0.4, 0.5) is 0 Å². The van der Waals surface area contributed by atoms with Crippen molar-refractivity contribution in [3.05, 3.63) is 45.9 Å². The number of benzene rings is 1. The van der Waals surface area contributed by atoms with Crippen molar-refractivity contribution in [3.63, 3.8) is 0 Å². The van der Waals surface area contributed by atoms with E-state index < -0.39 is 0 Å². The zero-order valence-corrected chi connectivity index (χ0v) is 12.9. The van der Waals surface area contributed by atoms with Gasteiger partial charge in [0.15, 0.2) is 0 Å². The first-order chi connectivity index (χ1) is 8.45. The van der Waals surface area contributed by atoms with Crippen molar-refractivity contribution in [3.8, 4) is 5.69 Å². The largest absolute Gasteiger partial charge is 0.310 e. The Morgan fingerprint density at radius 2 is 2.11 bits per heavy atom. The summed E-state index contributed by atoms with van der Waals surface area (Å²) in [6, 6.07) is 5.83. The highest BCUT2D eigenvalue weighted by atomic mass is 79.9. The molecule has 2 aromatic rings. The van der Waals surface area contributed by atoms with Crippen LogP contribution >= 0.6 is 27.5 Å². The summed E-state index contributed by atoms with van der Waals surface area (Å²) in [5, 5.41) is 3.96. The Morgan fingerprint density at radius 3 is 2.72 bits per heavy atom. The van der Waals surface area contributed by atoms with Crippen LogP contribution in [0, 0.1) is 0 Å². The number of halogens is 2. The molecular formula is C13H15BrClN3. The lowest BCUT2D eigenvalue weighted by atomic mass is 10.0. The molecule has 0 saturated carbocycles. The van der Waals surface area contributed by atoms with Crippen LogP contribution in [0.1, 0.15) is 19.5 Å². The highest BCUT2D eigenvalue weighted by Crippen LogP contribution is 2.28. The second-order valence-corrected chi connectivity index (χ2v) is 5.94. The summed E-state index contributed by atoms with van der Waals surface area (Å²) in [6.45, 7) is 4.21. The van der Waals surface area contributed by atoms with Crippen molar-refractivity contribution in [2.24, 2.45) is 0 Å². The van der Waals surface area contributed by atoms with Gasteiger partial charge in [0.25, 0.3) is 0 Å². The first-order valence-electron chi connectivity index (χ1n) is 5.63. The lowest BCUT2D eigenvalue weighted by Gasteiger charge is -2.25. The summed E-state index contributed by atoms with van der Waals surface area (Å²) in [5.41, 5.74) is 1.82. The maximum atomic E-state index is 6.29. The number of hydrogen-bond acceptors (Lipinski definition) is 2. The van der Waals surface area contributed by atoms with Crippen LogP contribution in [0.25, 0.3) is 5.69 Å². The fraction of sp³-hybridized carbons (Fsp3) is 0.308. The molecule has 0 bridgehead atoms. The molecule has 1 aromatic carbocycles. The van der Waals surface area contributed by atoms with Crippen LogP contribution < -0.4 is 5.32 Å². The molecule has 0 aliphatic rings. The molecule has 18 heavy (non-hydrogen) atoms. The van der Waals surface area contributed by atoms with E-state index in [9.17, 15) is 0 Å². The van der Waals surface area contributed by atoms with Gasteiger partial charge in [-0.15, -0.1) is 0 Å². The molecule has 0 aliphatic carbocycles.